The van der Waals surface area contributed by atoms with Crippen LogP contribution >= 0.6 is 0 Å². The van der Waals surface area contributed by atoms with Crippen molar-refractivity contribution in [2.75, 3.05) is 29.9 Å². The van der Waals surface area contributed by atoms with Gasteiger partial charge in [0.2, 0.25) is 0 Å². The van der Waals surface area contributed by atoms with E-state index in [0.29, 0.717) is 25.0 Å². The number of aromatic nitrogens is 1. The number of aryl methyl sites for hydroxylation is 1. The van der Waals surface area contributed by atoms with E-state index in [0.717, 1.165) is 49.4 Å². The normalized spacial score (nSPS) is 25.3. The smallest absolute Gasteiger partial charge is 0.383 e. The number of halogens is 3. The second kappa shape index (κ2) is 8.03. The molecule has 7 heteroatoms. The van der Waals surface area contributed by atoms with Gasteiger partial charge in [0.15, 0.2) is 0 Å². The van der Waals surface area contributed by atoms with Gasteiger partial charge < -0.3 is 16.0 Å². The van der Waals surface area contributed by atoms with Crippen LogP contribution in [-0.4, -0.2) is 36.8 Å². The summed E-state index contributed by atoms with van der Waals surface area (Å²) in [5.41, 5.74) is 7.86. The predicted octanol–water partition coefficient (Wildman–Crippen LogP) is 4.10. The molecule has 3 rings (SSSR count). The Morgan fingerprint density at radius 3 is 2.35 bits per heavy atom. The highest BCUT2D eigenvalue weighted by Crippen LogP contribution is 2.35. The summed E-state index contributed by atoms with van der Waals surface area (Å²) in [6.07, 6.45) is 0.723. The quantitative estimate of drug-likeness (QED) is 0.838. The van der Waals surface area contributed by atoms with Gasteiger partial charge in [-0.3, -0.25) is 0 Å². The van der Waals surface area contributed by atoms with E-state index in [9.17, 15) is 13.2 Å². The van der Waals surface area contributed by atoms with Crippen molar-refractivity contribution in [2.45, 2.75) is 57.7 Å². The van der Waals surface area contributed by atoms with E-state index in [1.165, 1.54) is 0 Å². The molecule has 0 atom stereocenters. The lowest BCUT2D eigenvalue weighted by Gasteiger charge is -2.34. The van der Waals surface area contributed by atoms with Crippen LogP contribution in [0.1, 0.15) is 44.2 Å². The van der Waals surface area contributed by atoms with Crippen molar-refractivity contribution >= 4 is 11.5 Å². The molecule has 146 valence electrons. The Balaban J connectivity index is 1.53. The molecule has 1 aliphatic heterocycles. The summed E-state index contributed by atoms with van der Waals surface area (Å²) in [7, 11) is 0. The molecule has 3 N–H and O–H groups in total. The molecule has 1 aromatic rings. The first-order chi connectivity index (χ1) is 12.3. The van der Waals surface area contributed by atoms with Gasteiger partial charge in [-0.25, -0.2) is 4.98 Å². The first-order valence-corrected chi connectivity index (χ1v) is 9.61. The Hall–Kier alpha value is -1.50. The minimum absolute atomic E-state index is 0.147. The molecule has 1 saturated carbocycles. The molecule has 1 aliphatic carbocycles. The average molecular weight is 370 g/mol. The molecule has 0 spiro atoms. The van der Waals surface area contributed by atoms with Gasteiger partial charge in [-0.1, -0.05) is 0 Å². The van der Waals surface area contributed by atoms with Gasteiger partial charge in [-0.15, -0.1) is 0 Å². The molecule has 0 aromatic carbocycles. The standard InChI is InChI=1S/C19H29F3N4/c1-13-17(24-12-14-2-4-16(23)5-3-14)6-7-18(25-13)26-10-8-15(9-11-26)19(20,21)22/h6-7,14-16,24H,2-5,8-12,23H2,1H3/t14-,16-. The van der Waals surface area contributed by atoms with E-state index in [2.05, 4.69) is 10.3 Å². The SMILES string of the molecule is Cc1nc(N2CCC(C(F)(F)F)CC2)ccc1NC[C@H]1CC[C@H](N)CC1. The number of nitrogens with one attached hydrogen (secondary N) is 1. The van der Waals surface area contributed by atoms with Gasteiger partial charge in [0.05, 0.1) is 17.3 Å². The van der Waals surface area contributed by atoms with Gasteiger partial charge in [0.25, 0.3) is 0 Å². The minimum Gasteiger partial charge on any atom is -0.383 e. The molecule has 0 bridgehead atoms. The lowest BCUT2D eigenvalue weighted by Crippen LogP contribution is -2.39. The lowest BCUT2D eigenvalue weighted by atomic mass is 9.86. The summed E-state index contributed by atoms with van der Waals surface area (Å²) < 4.78 is 38.4. The van der Waals surface area contributed by atoms with E-state index < -0.39 is 12.1 Å². The maximum atomic E-state index is 12.8. The number of alkyl halides is 3. The van der Waals surface area contributed by atoms with Crippen LogP contribution in [0, 0.1) is 18.8 Å². The highest BCUT2D eigenvalue weighted by molar-refractivity contribution is 5.53. The van der Waals surface area contributed by atoms with Crippen molar-refractivity contribution in [3.05, 3.63) is 17.8 Å². The highest BCUT2D eigenvalue weighted by atomic mass is 19.4. The minimum atomic E-state index is -4.08. The zero-order valence-electron chi connectivity index (χ0n) is 15.4. The first kappa shape index (κ1) is 19.3. The van der Waals surface area contributed by atoms with Crippen molar-refractivity contribution in [3.63, 3.8) is 0 Å². The fourth-order valence-corrected chi connectivity index (χ4v) is 3.99. The molecule has 1 saturated heterocycles. The maximum Gasteiger partial charge on any atom is 0.391 e. The fraction of sp³-hybridized carbons (Fsp3) is 0.737. The number of hydrogen-bond acceptors (Lipinski definition) is 4. The summed E-state index contributed by atoms with van der Waals surface area (Å²) in [5, 5.41) is 3.48. The van der Waals surface area contributed by atoms with Crippen LogP contribution in [0.3, 0.4) is 0 Å². The number of nitrogens with two attached hydrogens (primary N) is 1. The van der Waals surface area contributed by atoms with E-state index in [1.807, 2.05) is 24.0 Å². The van der Waals surface area contributed by atoms with Gasteiger partial charge in [-0.2, -0.15) is 13.2 Å². The number of piperidine rings is 1. The van der Waals surface area contributed by atoms with E-state index in [1.54, 1.807) is 0 Å². The van der Waals surface area contributed by atoms with Crippen molar-refractivity contribution in [1.29, 1.82) is 0 Å². The summed E-state index contributed by atoms with van der Waals surface area (Å²) in [4.78, 5) is 6.58. The number of pyridine rings is 1. The van der Waals surface area contributed by atoms with Crippen molar-refractivity contribution in [1.82, 2.24) is 4.98 Å². The largest absolute Gasteiger partial charge is 0.391 e. The zero-order valence-corrected chi connectivity index (χ0v) is 15.4. The third-order valence-corrected chi connectivity index (χ3v) is 5.83. The molecule has 0 amide bonds. The Kier molecular flexibility index (Phi) is 5.95. The molecule has 2 fully saturated rings. The van der Waals surface area contributed by atoms with Crippen LogP contribution in [-0.2, 0) is 0 Å². The second-order valence-electron chi connectivity index (χ2n) is 7.77. The summed E-state index contributed by atoms with van der Waals surface area (Å²) in [5.74, 6) is 0.247. The highest BCUT2D eigenvalue weighted by Gasteiger charge is 2.41. The van der Waals surface area contributed by atoms with E-state index in [-0.39, 0.29) is 12.8 Å². The number of rotatable bonds is 4. The molecule has 2 aliphatic rings. The van der Waals surface area contributed by atoms with Crippen LogP contribution < -0.4 is 16.0 Å². The molecular formula is C19H29F3N4. The molecule has 1 aromatic heterocycles. The van der Waals surface area contributed by atoms with Crippen LogP contribution in [0.2, 0.25) is 0 Å². The fourth-order valence-electron chi connectivity index (χ4n) is 3.99. The molecule has 4 nitrogen and oxygen atoms in total. The second-order valence-corrected chi connectivity index (χ2v) is 7.77. The van der Waals surface area contributed by atoms with Crippen LogP contribution in [0.15, 0.2) is 12.1 Å². The van der Waals surface area contributed by atoms with Crippen molar-refractivity contribution < 1.29 is 13.2 Å². The van der Waals surface area contributed by atoms with Gasteiger partial charge in [0, 0.05) is 25.7 Å². The topological polar surface area (TPSA) is 54.2 Å². The number of nitrogens with zero attached hydrogens (tertiary/aromatic N) is 2. The first-order valence-electron chi connectivity index (χ1n) is 9.61. The van der Waals surface area contributed by atoms with E-state index in [4.69, 9.17) is 5.73 Å². The van der Waals surface area contributed by atoms with E-state index >= 15 is 0 Å². The Morgan fingerprint density at radius 2 is 1.77 bits per heavy atom. The third kappa shape index (κ3) is 4.81. The number of anilines is 2. The number of hydrogen-bond donors (Lipinski definition) is 2. The van der Waals surface area contributed by atoms with Crippen molar-refractivity contribution in [3.8, 4) is 0 Å². The molecule has 2 heterocycles. The van der Waals surface area contributed by atoms with Crippen LogP contribution in [0.5, 0.6) is 0 Å². The monoisotopic (exact) mass is 370 g/mol. The Bertz CT molecular complexity index is 589. The van der Waals surface area contributed by atoms with Gasteiger partial charge >= 0.3 is 6.18 Å². The van der Waals surface area contributed by atoms with Crippen LogP contribution in [0.4, 0.5) is 24.7 Å². The Labute approximate surface area is 153 Å². The van der Waals surface area contributed by atoms with Crippen molar-refractivity contribution in [2.24, 2.45) is 17.6 Å². The lowest BCUT2D eigenvalue weighted by molar-refractivity contribution is -0.179. The Morgan fingerprint density at radius 1 is 1.12 bits per heavy atom. The summed E-state index contributed by atoms with van der Waals surface area (Å²) in [6.45, 7) is 3.69. The molecular weight excluding hydrogens is 341 g/mol. The third-order valence-electron chi connectivity index (χ3n) is 5.83. The zero-order chi connectivity index (χ0) is 18.7. The average Bonchev–Trinajstić information content (AvgIpc) is 2.61. The molecule has 0 radical (unpaired) electrons. The van der Waals surface area contributed by atoms with Gasteiger partial charge in [-0.05, 0) is 63.5 Å². The van der Waals surface area contributed by atoms with Crippen LogP contribution in [0.25, 0.3) is 0 Å². The summed E-state index contributed by atoms with van der Waals surface area (Å²) >= 11 is 0. The maximum absolute atomic E-state index is 12.8. The summed E-state index contributed by atoms with van der Waals surface area (Å²) in [6, 6.07) is 4.28. The molecule has 26 heavy (non-hydrogen) atoms. The van der Waals surface area contributed by atoms with Gasteiger partial charge in [0.1, 0.15) is 5.82 Å². The predicted molar refractivity (Wildman–Crippen MR) is 98.4 cm³/mol. The molecule has 0 unspecified atom stereocenters.